The Morgan fingerprint density at radius 2 is 2.11 bits per heavy atom. The SMILES string of the molecule is N#Cc1ccc(NCC2CCS(=O)(=O)CC2)nc1. The van der Waals surface area contributed by atoms with Crippen LogP contribution in [0.15, 0.2) is 18.3 Å². The lowest BCUT2D eigenvalue weighted by Crippen LogP contribution is -2.27. The van der Waals surface area contributed by atoms with Gasteiger partial charge < -0.3 is 5.32 Å². The molecular formula is C12H15N3O2S. The summed E-state index contributed by atoms with van der Waals surface area (Å²) in [7, 11) is -2.79. The van der Waals surface area contributed by atoms with Crippen LogP contribution >= 0.6 is 0 Å². The number of aromatic nitrogens is 1. The van der Waals surface area contributed by atoms with Gasteiger partial charge in [0.05, 0.1) is 17.1 Å². The third-order valence-corrected chi connectivity index (χ3v) is 4.85. The highest BCUT2D eigenvalue weighted by atomic mass is 32.2. The molecule has 2 heterocycles. The summed E-state index contributed by atoms with van der Waals surface area (Å²) in [6.45, 7) is 0.731. The van der Waals surface area contributed by atoms with Gasteiger partial charge in [-0.15, -0.1) is 0 Å². The van der Waals surface area contributed by atoms with Gasteiger partial charge in [-0.25, -0.2) is 13.4 Å². The summed E-state index contributed by atoms with van der Waals surface area (Å²) >= 11 is 0. The molecule has 0 aliphatic carbocycles. The molecule has 6 heteroatoms. The fourth-order valence-corrected chi connectivity index (χ4v) is 3.55. The van der Waals surface area contributed by atoms with Crippen molar-refractivity contribution in [2.24, 2.45) is 5.92 Å². The molecule has 0 amide bonds. The zero-order valence-corrected chi connectivity index (χ0v) is 10.8. The van der Waals surface area contributed by atoms with E-state index >= 15 is 0 Å². The number of hydrogen-bond acceptors (Lipinski definition) is 5. The Labute approximate surface area is 107 Å². The van der Waals surface area contributed by atoms with Gasteiger partial charge in [0.15, 0.2) is 0 Å². The topological polar surface area (TPSA) is 82.9 Å². The Morgan fingerprint density at radius 1 is 1.39 bits per heavy atom. The van der Waals surface area contributed by atoms with Crippen molar-refractivity contribution in [2.75, 3.05) is 23.4 Å². The van der Waals surface area contributed by atoms with Crippen LogP contribution in [0.4, 0.5) is 5.82 Å². The Kier molecular flexibility index (Phi) is 3.82. The molecule has 0 bridgehead atoms. The number of pyridine rings is 1. The standard InChI is InChI=1S/C12H15N3O2S/c13-7-11-1-2-12(15-9-11)14-8-10-3-5-18(16,17)6-4-10/h1-2,9-10H,3-6,8H2,(H,14,15). The van der Waals surface area contributed by atoms with E-state index in [9.17, 15) is 8.42 Å². The Hall–Kier alpha value is -1.61. The minimum Gasteiger partial charge on any atom is -0.370 e. The Balaban J connectivity index is 1.83. The van der Waals surface area contributed by atoms with Crippen LogP contribution in [-0.4, -0.2) is 31.5 Å². The third-order valence-electron chi connectivity index (χ3n) is 3.14. The highest BCUT2D eigenvalue weighted by Gasteiger charge is 2.23. The van der Waals surface area contributed by atoms with Crippen molar-refractivity contribution in [3.63, 3.8) is 0 Å². The first-order valence-electron chi connectivity index (χ1n) is 5.89. The van der Waals surface area contributed by atoms with Crippen LogP contribution in [-0.2, 0) is 9.84 Å². The number of anilines is 1. The molecule has 1 aliphatic rings. The fourth-order valence-electron chi connectivity index (χ4n) is 1.96. The molecule has 1 saturated heterocycles. The second-order valence-electron chi connectivity index (χ2n) is 4.52. The molecular weight excluding hydrogens is 250 g/mol. The second-order valence-corrected chi connectivity index (χ2v) is 6.82. The van der Waals surface area contributed by atoms with Crippen LogP contribution in [0.2, 0.25) is 0 Å². The van der Waals surface area contributed by atoms with Crippen LogP contribution in [0.25, 0.3) is 0 Å². The lowest BCUT2D eigenvalue weighted by Gasteiger charge is -2.22. The average molecular weight is 265 g/mol. The number of sulfone groups is 1. The monoisotopic (exact) mass is 265 g/mol. The van der Waals surface area contributed by atoms with Crippen LogP contribution in [0.1, 0.15) is 18.4 Å². The predicted molar refractivity (Wildman–Crippen MR) is 68.8 cm³/mol. The summed E-state index contributed by atoms with van der Waals surface area (Å²) < 4.78 is 22.6. The summed E-state index contributed by atoms with van der Waals surface area (Å²) in [5.41, 5.74) is 0.532. The van der Waals surface area contributed by atoms with Crippen molar-refractivity contribution in [3.8, 4) is 6.07 Å². The maximum absolute atomic E-state index is 11.3. The summed E-state index contributed by atoms with van der Waals surface area (Å²) in [6.07, 6.45) is 2.95. The molecule has 96 valence electrons. The number of nitriles is 1. The molecule has 0 spiro atoms. The Bertz CT molecular complexity index is 532. The van der Waals surface area contributed by atoms with Crippen molar-refractivity contribution < 1.29 is 8.42 Å². The molecule has 0 radical (unpaired) electrons. The molecule has 0 aromatic carbocycles. The average Bonchev–Trinajstić information content (AvgIpc) is 2.38. The number of hydrogen-bond donors (Lipinski definition) is 1. The molecule has 18 heavy (non-hydrogen) atoms. The zero-order valence-electron chi connectivity index (χ0n) is 9.96. The van der Waals surface area contributed by atoms with Gasteiger partial charge in [-0.2, -0.15) is 5.26 Å². The van der Waals surface area contributed by atoms with E-state index in [-0.39, 0.29) is 0 Å². The van der Waals surface area contributed by atoms with Crippen LogP contribution < -0.4 is 5.32 Å². The maximum Gasteiger partial charge on any atom is 0.150 e. The quantitative estimate of drug-likeness (QED) is 0.887. The third kappa shape index (κ3) is 3.44. The van der Waals surface area contributed by atoms with Gasteiger partial charge in [0.25, 0.3) is 0 Å². The fraction of sp³-hybridized carbons (Fsp3) is 0.500. The summed E-state index contributed by atoms with van der Waals surface area (Å²) in [4.78, 5) is 4.11. The largest absolute Gasteiger partial charge is 0.370 e. The smallest absolute Gasteiger partial charge is 0.150 e. The van der Waals surface area contributed by atoms with Crippen molar-refractivity contribution in [1.29, 1.82) is 5.26 Å². The van der Waals surface area contributed by atoms with E-state index < -0.39 is 9.84 Å². The molecule has 1 N–H and O–H groups in total. The van der Waals surface area contributed by atoms with Gasteiger partial charge in [0, 0.05) is 12.7 Å². The first kappa shape index (κ1) is 12.8. The van der Waals surface area contributed by atoms with Gasteiger partial charge >= 0.3 is 0 Å². The molecule has 1 fully saturated rings. The minimum atomic E-state index is -2.79. The first-order chi connectivity index (χ1) is 8.59. The molecule has 1 aromatic heterocycles. The molecule has 2 rings (SSSR count). The van der Waals surface area contributed by atoms with Crippen molar-refractivity contribution in [3.05, 3.63) is 23.9 Å². The van der Waals surface area contributed by atoms with E-state index in [1.54, 1.807) is 12.1 Å². The lowest BCUT2D eigenvalue weighted by atomic mass is 10.0. The van der Waals surface area contributed by atoms with Crippen LogP contribution in [0.5, 0.6) is 0 Å². The van der Waals surface area contributed by atoms with Gasteiger partial charge in [0.1, 0.15) is 21.7 Å². The minimum absolute atomic E-state index is 0.292. The van der Waals surface area contributed by atoms with Crippen LogP contribution in [0.3, 0.4) is 0 Å². The summed E-state index contributed by atoms with van der Waals surface area (Å²) in [6, 6.07) is 5.48. The zero-order chi connectivity index (χ0) is 13.0. The van der Waals surface area contributed by atoms with E-state index in [2.05, 4.69) is 10.3 Å². The molecule has 1 aromatic rings. The first-order valence-corrected chi connectivity index (χ1v) is 7.72. The molecule has 0 saturated carbocycles. The van der Waals surface area contributed by atoms with Crippen LogP contribution in [0, 0.1) is 17.2 Å². The van der Waals surface area contributed by atoms with Gasteiger partial charge in [-0.05, 0) is 30.9 Å². The van der Waals surface area contributed by atoms with E-state index in [0.29, 0.717) is 35.8 Å². The summed E-state index contributed by atoms with van der Waals surface area (Å²) in [5.74, 6) is 1.69. The normalized spacial score (nSPS) is 19.1. The predicted octanol–water partition coefficient (Wildman–Crippen LogP) is 1.19. The van der Waals surface area contributed by atoms with E-state index in [1.807, 2.05) is 6.07 Å². The maximum atomic E-state index is 11.3. The number of nitrogens with one attached hydrogen (secondary N) is 1. The van der Waals surface area contributed by atoms with E-state index in [1.165, 1.54) is 6.20 Å². The summed E-state index contributed by atoms with van der Waals surface area (Å²) in [5, 5.41) is 11.8. The second kappa shape index (κ2) is 5.36. The molecule has 1 aliphatic heterocycles. The van der Waals surface area contributed by atoms with E-state index in [4.69, 9.17) is 5.26 Å². The van der Waals surface area contributed by atoms with Crippen molar-refractivity contribution in [1.82, 2.24) is 4.98 Å². The van der Waals surface area contributed by atoms with Crippen molar-refractivity contribution in [2.45, 2.75) is 12.8 Å². The van der Waals surface area contributed by atoms with Crippen molar-refractivity contribution >= 4 is 15.7 Å². The highest BCUT2D eigenvalue weighted by molar-refractivity contribution is 7.91. The molecule has 0 atom stereocenters. The van der Waals surface area contributed by atoms with Gasteiger partial charge in [-0.3, -0.25) is 0 Å². The van der Waals surface area contributed by atoms with E-state index in [0.717, 1.165) is 12.4 Å². The number of rotatable bonds is 3. The van der Waals surface area contributed by atoms with Gasteiger partial charge in [0.2, 0.25) is 0 Å². The van der Waals surface area contributed by atoms with Gasteiger partial charge in [-0.1, -0.05) is 0 Å². The lowest BCUT2D eigenvalue weighted by molar-refractivity contribution is 0.484. The Morgan fingerprint density at radius 3 is 2.67 bits per heavy atom. The molecule has 0 unspecified atom stereocenters. The highest BCUT2D eigenvalue weighted by Crippen LogP contribution is 2.19. The number of nitrogens with zero attached hydrogens (tertiary/aromatic N) is 2. The molecule has 5 nitrogen and oxygen atoms in total.